The first-order chi connectivity index (χ1) is 9.49. The SMILES string of the molecule is CC(C)CC(Cn1nnnc1-c1sccc1Cl)C(=O)O. The number of aliphatic carboxylic acids is 1. The average Bonchev–Trinajstić information content (AvgIpc) is 2.96. The fraction of sp³-hybridized carbons (Fsp3) is 0.500. The summed E-state index contributed by atoms with van der Waals surface area (Å²) in [6, 6.07) is 1.77. The van der Waals surface area contributed by atoms with Crippen LogP contribution in [-0.2, 0) is 11.3 Å². The van der Waals surface area contributed by atoms with Gasteiger partial charge in [0.15, 0.2) is 5.82 Å². The Kier molecular flexibility index (Phi) is 4.72. The minimum Gasteiger partial charge on any atom is -0.481 e. The number of carbonyl (C=O) groups is 1. The molecule has 0 saturated carbocycles. The molecule has 2 heterocycles. The summed E-state index contributed by atoms with van der Waals surface area (Å²) >= 11 is 7.50. The Morgan fingerprint density at radius 2 is 2.30 bits per heavy atom. The molecule has 8 heteroatoms. The molecule has 2 rings (SSSR count). The lowest BCUT2D eigenvalue weighted by Crippen LogP contribution is -2.23. The second-order valence-electron chi connectivity index (χ2n) is 4.95. The number of halogens is 1. The van der Waals surface area contributed by atoms with Gasteiger partial charge in [0.05, 0.1) is 22.4 Å². The van der Waals surface area contributed by atoms with Gasteiger partial charge in [-0.25, -0.2) is 4.68 Å². The largest absolute Gasteiger partial charge is 0.481 e. The predicted molar refractivity (Wildman–Crippen MR) is 76.7 cm³/mol. The summed E-state index contributed by atoms with van der Waals surface area (Å²) in [6.07, 6.45) is 0.576. The Labute approximate surface area is 125 Å². The average molecular weight is 315 g/mol. The third kappa shape index (κ3) is 3.34. The summed E-state index contributed by atoms with van der Waals surface area (Å²) in [5, 5.41) is 23.2. The van der Waals surface area contributed by atoms with Crippen molar-refractivity contribution in [1.82, 2.24) is 20.2 Å². The minimum atomic E-state index is -0.836. The summed E-state index contributed by atoms with van der Waals surface area (Å²) in [6.45, 7) is 4.23. The molecule has 108 valence electrons. The number of nitrogens with zero attached hydrogens (tertiary/aromatic N) is 4. The Hall–Kier alpha value is -1.47. The number of carboxylic acids is 1. The van der Waals surface area contributed by atoms with Gasteiger partial charge in [0.1, 0.15) is 0 Å². The lowest BCUT2D eigenvalue weighted by atomic mass is 9.97. The van der Waals surface area contributed by atoms with Crippen LogP contribution in [0.2, 0.25) is 5.02 Å². The Bertz CT molecular complexity index is 596. The van der Waals surface area contributed by atoms with E-state index >= 15 is 0 Å². The highest BCUT2D eigenvalue weighted by atomic mass is 35.5. The van der Waals surface area contributed by atoms with Crippen LogP contribution in [0.3, 0.4) is 0 Å². The van der Waals surface area contributed by atoms with E-state index in [4.69, 9.17) is 11.6 Å². The molecule has 0 aliphatic carbocycles. The van der Waals surface area contributed by atoms with Crippen LogP contribution in [-0.4, -0.2) is 31.3 Å². The summed E-state index contributed by atoms with van der Waals surface area (Å²) < 4.78 is 1.51. The lowest BCUT2D eigenvalue weighted by molar-refractivity contribution is -0.142. The zero-order valence-corrected chi connectivity index (χ0v) is 12.7. The van der Waals surface area contributed by atoms with Crippen LogP contribution in [0.15, 0.2) is 11.4 Å². The highest BCUT2D eigenvalue weighted by Crippen LogP contribution is 2.31. The molecule has 2 aromatic rings. The molecule has 1 atom stereocenters. The fourth-order valence-corrected chi connectivity index (χ4v) is 3.10. The predicted octanol–water partition coefficient (Wildman–Crippen LogP) is 2.80. The number of hydrogen-bond acceptors (Lipinski definition) is 5. The van der Waals surface area contributed by atoms with Gasteiger partial charge in [-0.15, -0.1) is 16.4 Å². The van der Waals surface area contributed by atoms with E-state index in [-0.39, 0.29) is 6.54 Å². The number of thiophene rings is 1. The summed E-state index contributed by atoms with van der Waals surface area (Å²) in [5.41, 5.74) is 0. The molecule has 0 aliphatic heterocycles. The Morgan fingerprint density at radius 1 is 1.55 bits per heavy atom. The van der Waals surface area contributed by atoms with Crippen molar-refractivity contribution >= 4 is 28.9 Å². The Morgan fingerprint density at radius 3 is 2.85 bits per heavy atom. The van der Waals surface area contributed by atoms with Gasteiger partial charge in [-0.1, -0.05) is 25.4 Å². The van der Waals surface area contributed by atoms with E-state index in [9.17, 15) is 9.90 Å². The van der Waals surface area contributed by atoms with Crippen LogP contribution in [0.5, 0.6) is 0 Å². The number of aromatic nitrogens is 4. The van der Waals surface area contributed by atoms with Crippen LogP contribution in [0.25, 0.3) is 10.7 Å². The molecule has 1 N–H and O–H groups in total. The molecule has 2 aromatic heterocycles. The van der Waals surface area contributed by atoms with Crippen LogP contribution in [0.4, 0.5) is 0 Å². The molecule has 0 aliphatic rings. The summed E-state index contributed by atoms with van der Waals surface area (Å²) in [5.74, 6) is -0.547. The highest BCUT2D eigenvalue weighted by Gasteiger charge is 2.23. The first-order valence-corrected chi connectivity index (χ1v) is 7.47. The second-order valence-corrected chi connectivity index (χ2v) is 6.27. The van der Waals surface area contributed by atoms with Crippen molar-refractivity contribution in [3.8, 4) is 10.7 Å². The normalized spacial score (nSPS) is 12.8. The van der Waals surface area contributed by atoms with Gasteiger partial charge < -0.3 is 5.11 Å². The maximum Gasteiger partial charge on any atom is 0.308 e. The molecule has 0 radical (unpaired) electrons. The molecule has 0 spiro atoms. The van der Waals surface area contributed by atoms with Crippen LogP contribution < -0.4 is 0 Å². The first kappa shape index (κ1) is 14.9. The number of carboxylic acid groups (broad SMARTS) is 1. The third-order valence-corrected chi connectivity index (χ3v) is 4.19. The fourth-order valence-electron chi connectivity index (χ4n) is 1.97. The van der Waals surface area contributed by atoms with Gasteiger partial charge >= 0.3 is 5.97 Å². The van der Waals surface area contributed by atoms with Crippen LogP contribution >= 0.6 is 22.9 Å². The molecule has 0 fully saturated rings. The lowest BCUT2D eigenvalue weighted by Gasteiger charge is -2.14. The van der Waals surface area contributed by atoms with Gasteiger partial charge in [-0.2, -0.15) is 0 Å². The number of rotatable bonds is 6. The van der Waals surface area contributed by atoms with Gasteiger partial charge in [0.25, 0.3) is 0 Å². The van der Waals surface area contributed by atoms with Gasteiger partial charge in [-0.3, -0.25) is 4.79 Å². The zero-order chi connectivity index (χ0) is 14.7. The Balaban J connectivity index is 2.24. The van der Waals surface area contributed by atoms with Crippen molar-refractivity contribution in [1.29, 1.82) is 0 Å². The van der Waals surface area contributed by atoms with E-state index in [1.54, 1.807) is 6.07 Å². The molecular formula is C12H15ClN4O2S. The van der Waals surface area contributed by atoms with Gasteiger partial charge in [-0.05, 0) is 34.2 Å². The van der Waals surface area contributed by atoms with E-state index in [0.717, 1.165) is 4.88 Å². The highest BCUT2D eigenvalue weighted by molar-refractivity contribution is 7.14. The van der Waals surface area contributed by atoms with Crippen molar-refractivity contribution < 1.29 is 9.90 Å². The van der Waals surface area contributed by atoms with Crippen molar-refractivity contribution in [3.05, 3.63) is 16.5 Å². The van der Waals surface area contributed by atoms with Gasteiger partial charge in [0, 0.05) is 0 Å². The van der Waals surface area contributed by atoms with Crippen molar-refractivity contribution in [2.75, 3.05) is 0 Å². The van der Waals surface area contributed by atoms with E-state index in [0.29, 0.717) is 23.2 Å². The standard InChI is InChI=1S/C12H15ClN4O2S/c1-7(2)5-8(12(18)19)6-17-11(14-15-16-17)10-9(13)3-4-20-10/h3-4,7-8H,5-6H2,1-2H3,(H,18,19). The molecule has 0 saturated heterocycles. The second kappa shape index (κ2) is 6.32. The third-order valence-electron chi connectivity index (χ3n) is 2.85. The van der Waals surface area contributed by atoms with E-state index < -0.39 is 11.9 Å². The first-order valence-electron chi connectivity index (χ1n) is 6.21. The van der Waals surface area contributed by atoms with Crippen molar-refractivity contribution in [2.24, 2.45) is 11.8 Å². The van der Waals surface area contributed by atoms with Crippen LogP contribution in [0.1, 0.15) is 20.3 Å². The quantitative estimate of drug-likeness (QED) is 0.886. The van der Waals surface area contributed by atoms with Gasteiger partial charge in [0.2, 0.25) is 0 Å². The summed E-state index contributed by atoms with van der Waals surface area (Å²) in [4.78, 5) is 12.1. The molecule has 0 amide bonds. The minimum absolute atomic E-state index is 0.240. The topological polar surface area (TPSA) is 80.9 Å². The number of tetrazole rings is 1. The maximum atomic E-state index is 11.3. The monoisotopic (exact) mass is 314 g/mol. The van der Waals surface area contributed by atoms with Crippen LogP contribution in [0, 0.1) is 11.8 Å². The van der Waals surface area contributed by atoms with E-state index in [1.807, 2.05) is 19.2 Å². The van der Waals surface area contributed by atoms with E-state index in [1.165, 1.54) is 16.0 Å². The smallest absolute Gasteiger partial charge is 0.308 e. The molecule has 6 nitrogen and oxygen atoms in total. The molecule has 0 aromatic carbocycles. The number of hydrogen-bond donors (Lipinski definition) is 1. The molecule has 20 heavy (non-hydrogen) atoms. The molecule has 1 unspecified atom stereocenters. The summed E-state index contributed by atoms with van der Waals surface area (Å²) in [7, 11) is 0. The zero-order valence-electron chi connectivity index (χ0n) is 11.2. The van der Waals surface area contributed by atoms with Crippen molar-refractivity contribution in [2.45, 2.75) is 26.8 Å². The molecular weight excluding hydrogens is 300 g/mol. The maximum absolute atomic E-state index is 11.3. The van der Waals surface area contributed by atoms with E-state index in [2.05, 4.69) is 15.5 Å². The molecule has 0 bridgehead atoms. The van der Waals surface area contributed by atoms with Crippen molar-refractivity contribution in [3.63, 3.8) is 0 Å².